The van der Waals surface area contributed by atoms with Gasteiger partial charge >= 0.3 is 0 Å². The second kappa shape index (κ2) is 5.93. The van der Waals surface area contributed by atoms with Crippen molar-refractivity contribution in [2.24, 2.45) is 5.92 Å². The zero-order valence-electron chi connectivity index (χ0n) is 11.4. The molecule has 104 valence electrons. The van der Waals surface area contributed by atoms with E-state index in [1.165, 1.54) is 24.1 Å². The molecule has 2 aliphatic rings. The fourth-order valence-electron chi connectivity index (χ4n) is 3.19. The maximum atomic E-state index is 10.4. The van der Waals surface area contributed by atoms with Crippen LogP contribution in [-0.2, 0) is 11.2 Å². The molecule has 2 aliphatic heterocycles. The van der Waals surface area contributed by atoms with Gasteiger partial charge in [0.05, 0.1) is 12.7 Å². The van der Waals surface area contributed by atoms with Gasteiger partial charge in [-0.15, -0.1) is 0 Å². The van der Waals surface area contributed by atoms with E-state index >= 15 is 0 Å². The molecule has 0 aliphatic carbocycles. The van der Waals surface area contributed by atoms with Crippen molar-refractivity contribution in [1.82, 2.24) is 0 Å². The summed E-state index contributed by atoms with van der Waals surface area (Å²) < 4.78 is 5.38. The number of β-amino-alcohol motifs (C(OH)–C–C–N with tert-alkyl or cyclic N) is 1. The fourth-order valence-corrected chi connectivity index (χ4v) is 3.19. The van der Waals surface area contributed by atoms with Crippen LogP contribution in [0.3, 0.4) is 0 Å². The lowest BCUT2D eigenvalue weighted by molar-refractivity contribution is 0.0961. The van der Waals surface area contributed by atoms with E-state index < -0.39 is 0 Å². The van der Waals surface area contributed by atoms with Crippen molar-refractivity contribution in [2.45, 2.75) is 31.8 Å². The molecule has 1 saturated heterocycles. The van der Waals surface area contributed by atoms with Crippen LogP contribution in [0.15, 0.2) is 24.3 Å². The van der Waals surface area contributed by atoms with Gasteiger partial charge in [-0.05, 0) is 37.3 Å². The number of fused-ring (bicyclic) bond motifs is 1. The van der Waals surface area contributed by atoms with Crippen molar-refractivity contribution in [2.75, 3.05) is 31.2 Å². The van der Waals surface area contributed by atoms with Gasteiger partial charge in [0.1, 0.15) is 0 Å². The first-order valence-corrected chi connectivity index (χ1v) is 7.43. The largest absolute Gasteiger partial charge is 0.391 e. The summed E-state index contributed by atoms with van der Waals surface area (Å²) in [6.07, 6.45) is 4.35. The van der Waals surface area contributed by atoms with Gasteiger partial charge in [0.25, 0.3) is 0 Å². The molecule has 19 heavy (non-hydrogen) atoms. The first kappa shape index (κ1) is 12.9. The Labute approximate surface area is 115 Å². The predicted molar refractivity (Wildman–Crippen MR) is 76.5 cm³/mol. The Morgan fingerprint density at radius 1 is 1.32 bits per heavy atom. The van der Waals surface area contributed by atoms with E-state index in [1.54, 1.807) is 0 Å². The first-order chi connectivity index (χ1) is 9.34. The van der Waals surface area contributed by atoms with Gasteiger partial charge in [-0.25, -0.2) is 0 Å². The number of aryl methyl sites for hydroxylation is 1. The van der Waals surface area contributed by atoms with Crippen molar-refractivity contribution in [3.63, 3.8) is 0 Å². The number of rotatable bonds is 3. The number of ether oxygens (including phenoxy) is 1. The van der Waals surface area contributed by atoms with Gasteiger partial charge in [0, 0.05) is 31.3 Å². The van der Waals surface area contributed by atoms with Crippen LogP contribution >= 0.6 is 0 Å². The Balaban J connectivity index is 1.72. The number of aliphatic hydroxyl groups excluding tert-OH is 1. The fraction of sp³-hybridized carbons (Fsp3) is 0.625. The maximum Gasteiger partial charge on any atom is 0.0765 e. The topological polar surface area (TPSA) is 32.7 Å². The van der Waals surface area contributed by atoms with Gasteiger partial charge < -0.3 is 14.7 Å². The molecule has 1 aromatic carbocycles. The minimum Gasteiger partial charge on any atom is -0.391 e. The van der Waals surface area contributed by atoms with E-state index in [9.17, 15) is 5.11 Å². The van der Waals surface area contributed by atoms with Gasteiger partial charge in [-0.1, -0.05) is 18.2 Å². The molecule has 0 spiro atoms. The molecule has 0 radical (unpaired) electrons. The van der Waals surface area contributed by atoms with Crippen LogP contribution in [0.5, 0.6) is 0 Å². The lowest BCUT2D eigenvalue weighted by Gasteiger charge is -2.29. The van der Waals surface area contributed by atoms with Gasteiger partial charge in [0.2, 0.25) is 0 Å². The first-order valence-electron chi connectivity index (χ1n) is 7.43. The average Bonchev–Trinajstić information content (AvgIpc) is 2.90. The van der Waals surface area contributed by atoms with Crippen molar-refractivity contribution in [3.05, 3.63) is 29.8 Å². The Morgan fingerprint density at radius 2 is 2.21 bits per heavy atom. The van der Waals surface area contributed by atoms with Crippen molar-refractivity contribution >= 4 is 5.69 Å². The average molecular weight is 261 g/mol. The maximum absolute atomic E-state index is 10.4. The second-order valence-corrected chi connectivity index (χ2v) is 5.72. The van der Waals surface area contributed by atoms with E-state index in [4.69, 9.17) is 4.74 Å². The summed E-state index contributed by atoms with van der Waals surface area (Å²) in [4.78, 5) is 2.37. The molecule has 1 N–H and O–H groups in total. The van der Waals surface area contributed by atoms with Crippen LogP contribution in [0.1, 0.15) is 24.8 Å². The van der Waals surface area contributed by atoms with E-state index in [0.29, 0.717) is 5.92 Å². The summed E-state index contributed by atoms with van der Waals surface area (Å²) in [5.74, 6) is 0.315. The zero-order chi connectivity index (χ0) is 13.1. The molecule has 1 fully saturated rings. The van der Waals surface area contributed by atoms with Crippen molar-refractivity contribution < 1.29 is 9.84 Å². The monoisotopic (exact) mass is 261 g/mol. The third-order valence-electron chi connectivity index (χ3n) is 4.37. The van der Waals surface area contributed by atoms with Crippen molar-refractivity contribution in [1.29, 1.82) is 0 Å². The third-order valence-corrected chi connectivity index (χ3v) is 4.37. The smallest absolute Gasteiger partial charge is 0.0765 e. The number of hydrogen-bond donors (Lipinski definition) is 1. The summed E-state index contributed by atoms with van der Waals surface area (Å²) >= 11 is 0. The normalized spacial score (nSPS) is 24.9. The molecule has 3 nitrogen and oxygen atoms in total. The predicted octanol–water partition coefficient (Wildman–Crippen LogP) is 2.23. The molecule has 0 bridgehead atoms. The Kier molecular flexibility index (Phi) is 4.04. The molecular weight excluding hydrogens is 238 g/mol. The lowest BCUT2D eigenvalue weighted by Crippen LogP contribution is -2.37. The van der Waals surface area contributed by atoms with Crippen LogP contribution in [0.4, 0.5) is 5.69 Å². The number of benzene rings is 1. The third kappa shape index (κ3) is 2.93. The summed E-state index contributed by atoms with van der Waals surface area (Å²) in [5.41, 5.74) is 2.74. The molecule has 0 aromatic heterocycles. The van der Waals surface area contributed by atoms with Crippen LogP contribution in [0.25, 0.3) is 0 Å². The van der Waals surface area contributed by atoms with Crippen LogP contribution in [0, 0.1) is 5.92 Å². The van der Waals surface area contributed by atoms with Crippen molar-refractivity contribution in [3.8, 4) is 0 Å². The number of aliphatic hydroxyl groups is 1. The number of para-hydroxylation sites is 1. The highest BCUT2D eigenvalue weighted by Gasteiger charge is 2.26. The summed E-state index contributed by atoms with van der Waals surface area (Å²) in [6, 6.07) is 8.63. The van der Waals surface area contributed by atoms with Gasteiger partial charge in [-0.3, -0.25) is 0 Å². The van der Waals surface area contributed by atoms with E-state index in [0.717, 1.165) is 39.1 Å². The van der Waals surface area contributed by atoms with E-state index in [2.05, 4.69) is 29.2 Å². The molecule has 2 heterocycles. The Bertz CT molecular complexity index is 415. The number of nitrogens with zero attached hydrogens (tertiary/aromatic N) is 1. The zero-order valence-corrected chi connectivity index (χ0v) is 11.4. The molecule has 3 rings (SSSR count). The highest BCUT2D eigenvalue weighted by molar-refractivity contribution is 5.54. The van der Waals surface area contributed by atoms with Crippen LogP contribution < -0.4 is 4.90 Å². The molecule has 2 unspecified atom stereocenters. The Morgan fingerprint density at radius 3 is 3.05 bits per heavy atom. The number of anilines is 1. The van der Waals surface area contributed by atoms with Crippen LogP contribution in [0.2, 0.25) is 0 Å². The molecule has 1 aromatic rings. The summed E-state index contributed by atoms with van der Waals surface area (Å²) in [6.45, 7) is 3.32. The van der Waals surface area contributed by atoms with E-state index in [-0.39, 0.29) is 6.10 Å². The SMILES string of the molecule is OC(CN1CCCCc2ccccc21)C1CCOC1. The summed E-state index contributed by atoms with van der Waals surface area (Å²) in [5, 5.41) is 10.4. The van der Waals surface area contributed by atoms with Gasteiger partial charge in [-0.2, -0.15) is 0 Å². The summed E-state index contributed by atoms with van der Waals surface area (Å²) in [7, 11) is 0. The highest BCUT2D eigenvalue weighted by atomic mass is 16.5. The molecule has 3 heteroatoms. The number of hydrogen-bond acceptors (Lipinski definition) is 3. The standard InChI is InChI=1S/C16H23NO2/c18-16(14-8-10-19-12-14)11-17-9-4-3-6-13-5-1-2-7-15(13)17/h1-2,5,7,14,16,18H,3-4,6,8-12H2. The molecule has 0 saturated carbocycles. The van der Waals surface area contributed by atoms with E-state index in [1.807, 2.05) is 0 Å². The minimum atomic E-state index is -0.270. The molecule has 0 amide bonds. The Hall–Kier alpha value is -1.06. The molecule has 2 atom stereocenters. The van der Waals surface area contributed by atoms with Crippen LogP contribution in [-0.4, -0.2) is 37.5 Å². The quantitative estimate of drug-likeness (QED) is 0.905. The highest BCUT2D eigenvalue weighted by Crippen LogP contribution is 2.27. The second-order valence-electron chi connectivity index (χ2n) is 5.72. The minimum absolute atomic E-state index is 0.270. The van der Waals surface area contributed by atoms with Gasteiger partial charge in [0.15, 0.2) is 0 Å². The lowest BCUT2D eigenvalue weighted by atomic mass is 10.0. The molecular formula is C16H23NO2.